The van der Waals surface area contributed by atoms with E-state index in [1.165, 1.54) is 6.26 Å². The van der Waals surface area contributed by atoms with Gasteiger partial charge in [-0.25, -0.2) is 0 Å². The first-order valence-electron chi connectivity index (χ1n) is 7.63. The Morgan fingerprint density at radius 2 is 2.13 bits per heavy atom. The molecule has 0 saturated carbocycles. The van der Waals surface area contributed by atoms with Crippen molar-refractivity contribution in [1.82, 2.24) is 5.32 Å². The molecule has 1 aromatic carbocycles. The second kappa shape index (κ2) is 6.66. The smallest absolute Gasteiger partial charge is 0.291 e. The van der Waals surface area contributed by atoms with Gasteiger partial charge in [0, 0.05) is 11.4 Å². The fraction of sp³-hybridized carbons (Fsp3) is 0.294. The molecule has 1 unspecified atom stereocenters. The predicted molar refractivity (Wildman–Crippen MR) is 87.5 cm³/mol. The Hall–Kier alpha value is -2.60. The van der Waals surface area contributed by atoms with Crippen molar-refractivity contribution in [2.45, 2.75) is 25.8 Å². The number of amides is 2. The van der Waals surface area contributed by atoms with Crippen molar-refractivity contribution in [3.8, 4) is 0 Å². The third kappa shape index (κ3) is 3.60. The van der Waals surface area contributed by atoms with Crippen LogP contribution in [0.3, 0.4) is 0 Å². The fourth-order valence-electron chi connectivity index (χ4n) is 2.61. The monoisotopic (exact) mass is 313 g/mol. The highest BCUT2D eigenvalue weighted by Gasteiger charge is 2.22. The predicted octanol–water partition coefficient (Wildman–Crippen LogP) is 2.53. The van der Waals surface area contributed by atoms with Crippen LogP contribution in [0.25, 0.3) is 0 Å². The first-order chi connectivity index (χ1) is 11.1. The minimum Gasteiger partial charge on any atom is -0.459 e. The highest BCUT2D eigenvalue weighted by atomic mass is 16.3. The Labute approximate surface area is 134 Å². The zero-order valence-electron chi connectivity index (χ0n) is 12.9. The van der Waals surface area contributed by atoms with Gasteiger partial charge in [0.05, 0.1) is 12.3 Å². The summed E-state index contributed by atoms with van der Waals surface area (Å²) in [6.07, 6.45) is 3.34. The van der Waals surface area contributed by atoms with Crippen molar-refractivity contribution in [3.63, 3.8) is 0 Å². The third-order valence-corrected chi connectivity index (χ3v) is 3.86. The molecule has 1 aliphatic rings. The van der Waals surface area contributed by atoms with Crippen molar-refractivity contribution in [2.75, 3.05) is 17.2 Å². The van der Waals surface area contributed by atoms with Crippen LogP contribution < -0.4 is 16.0 Å². The maximum atomic E-state index is 12.1. The molecule has 23 heavy (non-hydrogen) atoms. The van der Waals surface area contributed by atoms with Crippen LogP contribution in [0.5, 0.6) is 0 Å². The molecule has 1 aromatic heterocycles. The molecule has 120 valence electrons. The van der Waals surface area contributed by atoms with Crippen molar-refractivity contribution < 1.29 is 14.0 Å². The first kappa shape index (κ1) is 15.3. The molecule has 6 nitrogen and oxygen atoms in total. The van der Waals surface area contributed by atoms with E-state index in [2.05, 4.69) is 16.0 Å². The van der Waals surface area contributed by atoms with Gasteiger partial charge in [-0.15, -0.1) is 0 Å². The quantitative estimate of drug-likeness (QED) is 0.810. The third-order valence-electron chi connectivity index (χ3n) is 3.86. The maximum absolute atomic E-state index is 12.1. The minimum absolute atomic E-state index is 0.0192. The normalized spacial score (nSPS) is 17.0. The summed E-state index contributed by atoms with van der Waals surface area (Å²) in [4.78, 5) is 24.1. The molecule has 1 aliphatic heterocycles. The Bertz CT molecular complexity index is 704. The van der Waals surface area contributed by atoms with Gasteiger partial charge in [0.1, 0.15) is 0 Å². The van der Waals surface area contributed by atoms with Gasteiger partial charge in [-0.05, 0) is 62.2 Å². The van der Waals surface area contributed by atoms with Crippen LogP contribution in [-0.4, -0.2) is 24.4 Å². The molecule has 6 heteroatoms. The molecule has 3 N–H and O–H groups in total. The largest absolute Gasteiger partial charge is 0.459 e. The zero-order valence-corrected chi connectivity index (χ0v) is 12.9. The van der Waals surface area contributed by atoms with E-state index < -0.39 is 0 Å². The van der Waals surface area contributed by atoms with Crippen LogP contribution in [0.2, 0.25) is 0 Å². The highest BCUT2D eigenvalue weighted by molar-refractivity contribution is 6.03. The van der Waals surface area contributed by atoms with Crippen LogP contribution in [0.1, 0.15) is 29.0 Å². The molecule has 1 saturated heterocycles. The van der Waals surface area contributed by atoms with Gasteiger partial charge >= 0.3 is 0 Å². The van der Waals surface area contributed by atoms with E-state index in [1.807, 2.05) is 13.0 Å². The van der Waals surface area contributed by atoms with Gasteiger partial charge in [-0.3, -0.25) is 9.59 Å². The number of benzene rings is 1. The van der Waals surface area contributed by atoms with Crippen molar-refractivity contribution >= 4 is 23.2 Å². The van der Waals surface area contributed by atoms with Gasteiger partial charge < -0.3 is 20.4 Å². The molecule has 3 rings (SSSR count). The summed E-state index contributed by atoms with van der Waals surface area (Å²) in [5, 5.41) is 8.86. The van der Waals surface area contributed by atoms with Gasteiger partial charge in [-0.2, -0.15) is 0 Å². The van der Waals surface area contributed by atoms with Crippen LogP contribution in [-0.2, 0) is 4.79 Å². The second-order valence-corrected chi connectivity index (χ2v) is 5.60. The van der Waals surface area contributed by atoms with Gasteiger partial charge in [-0.1, -0.05) is 0 Å². The van der Waals surface area contributed by atoms with Crippen LogP contribution in [0.4, 0.5) is 11.4 Å². The standard InChI is InChI=1S/C17H19N3O3/c1-11-10-12(19-16(21)14-4-2-8-18-14)6-7-13(11)20-17(22)15-5-3-9-23-15/h3,5-7,9-10,14,18H,2,4,8H2,1H3,(H,19,21)(H,20,22). The summed E-state index contributed by atoms with van der Waals surface area (Å²) < 4.78 is 5.06. The second-order valence-electron chi connectivity index (χ2n) is 5.60. The summed E-state index contributed by atoms with van der Waals surface area (Å²) >= 11 is 0. The molecule has 0 bridgehead atoms. The summed E-state index contributed by atoms with van der Waals surface area (Å²) in [6, 6.07) is 8.54. The van der Waals surface area contributed by atoms with E-state index in [1.54, 1.807) is 24.3 Å². The topological polar surface area (TPSA) is 83.4 Å². The van der Waals surface area contributed by atoms with Crippen LogP contribution in [0.15, 0.2) is 41.0 Å². The average Bonchev–Trinajstić information content (AvgIpc) is 3.23. The highest BCUT2D eigenvalue weighted by Crippen LogP contribution is 2.21. The average molecular weight is 313 g/mol. The molecular formula is C17H19N3O3. The fourth-order valence-corrected chi connectivity index (χ4v) is 2.61. The molecule has 2 amide bonds. The lowest BCUT2D eigenvalue weighted by Gasteiger charge is -2.13. The molecular weight excluding hydrogens is 294 g/mol. The maximum Gasteiger partial charge on any atom is 0.291 e. The van der Waals surface area contributed by atoms with Gasteiger partial charge in [0.2, 0.25) is 5.91 Å². The van der Waals surface area contributed by atoms with Crippen molar-refractivity contribution in [1.29, 1.82) is 0 Å². The van der Waals surface area contributed by atoms with E-state index in [0.29, 0.717) is 5.69 Å². The van der Waals surface area contributed by atoms with E-state index in [0.717, 1.165) is 30.6 Å². The SMILES string of the molecule is Cc1cc(NC(=O)C2CCCN2)ccc1NC(=O)c1ccco1. The number of aryl methyl sites for hydroxylation is 1. The zero-order chi connectivity index (χ0) is 16.2. The van der Waals surface area contributed by atoms with E-state index in [-0.39, 0.29) is 23.6 Å². The van der Waals surface area contributed by atoms with Crippen molar-refractivity contribution in [2.24, 2.45) is 0 Å². The molecule has 0 spiro atoms. The lowest BCUT2D eigenvalue weighted by atomic mass is 10.1. The number of nitrogens with one attached hydrogen (secondary N) is 3. The van der Waals surface area contributed by atoms with Crippen LogP contribution in [0, 0.1) is 6.92 Å². The number of anilines is 2. The summed E-state index contributed by atoms with van der Waals surface area (Å²) in [7, 11) is 0. The van der Waals surface area contributed by atoms with Crippen LogP contribution >= 0.6 is 0 Å². The number of hydrogen-bond donors (Lipinski definition) is 3. The minimum atomic E-state index is -0.301. The van der Waals surface area contributed by atoms with Crippen molar-refractivity contribution in [3.05, 3.63) is 47.9 Å². The molecule has 0 aliphatic carbocycles. The lowest BCUT2D eigenvalue weighted by molar-refractivity contribution is -0.117. The Balaban J connectivity index is 1.65. The Morgan fingerprint density at radius 1 is 1.26 bits per heavy atom. The summed E-state index contributed by atoms with van der Waals surface area (Å²) in [5.41, 5.74) is 2.27. The molecule has 0 radical (unpaired) electrons. The Morgan fingerprint density at radius 3 is 2.78 bits per heavy atom. The summed E-state index contributed by atoms with van der Waals surface area (Å²) in [6.45, 7) is 2.76. The van der Waals surface area contributed by atoms with Gasteiger partial charge in [0.15, 0.2) is 5.76 Å². The lowest BCUT2D eigenvalue weighted by Crippen LogP contribution is -2.35. The van der Waals surface area contributed by atoms with Gasteiger partial charge in [0.25, 0.3) is 5.91 Å². The van der Waals surface area contributed by atoms with E-state index in [4.69, 9.17) is 4.42 Å². The molecule has 2 aromatic rings. The molecule has 1 atom stereocenters. The number of carbonyl (C=O) groups excluding carboxylic acids is 2. The summed E-state index contributed by atoms with van der Waals surface area (Å²) in [5.74, 6) is -0.0617. The first-order valence-corrected chi connectivity index (χ1v) is 7.63. The van der Waals surface area contributed by atoms with E-state index in [9.17, 15) is 9.59 Å². The molecule has 1 fully saturated rings. The number of carbonyl (C=O) groups is 2. The number of furan rings is 1. The Kier molecular flexibility index (Phi) is 4.43. The number of hydrogen-bond acceptors (Lipinski definition) is 4. The molecule has 2 heterocycles. The van der Waals surface area contributed by atoms with E-state index >= 15 is 0 Å². The number of rotatable bonds is 4.